The second-order valence-electron chi connectivity index (χ2n) is 6.20. The van der Waals surface area contributed by atoms with Crippen LogP contribution in [0.15, 0.2) is 64.7 Å². The zero-order chi connectivity index (χ0) is 17.7. The van der Waals surface area contributed by atoms with Crippen molar-refractivity contribution in [2.24, 2.45) is 0 Å². The van der Waals surface area contributed by atoms with Crippen LogP contribution in [0.3, 0.4) is 0 Å². The van der Waals surface area contributed by atoms with E-state index in [1.165, 1.54) is 0 Å². The molecule has 5 heteroatoms. The minimum absolute atomic E-state index is 0.0996. The lowest BCUT2D eigenvalue weighted by Crippen LogP contribution is -2.37. The van der Waals surface area contributed by atoms with Crippen molar-refractivity contribution < 1.29 is 10.2 Å². The first kappa shape index (κ1) is 18.3. The van der Waals surface area contributed by atoms with E-state index in [4.69, 9.17) is 0 Å². The van der Waals surface area contributed by atoms with E-state index in [1.54, 1.807) is 22.7 Å². The average Bonchev–Trinajstić information content (AvgIpc) is 3.35. The second kappa shape index (κ2) is 8.25. The highest BCUT2D eigenvalue weighted by Crippen LogP contribution is 2.36. The Labute approximate surface area is 156 Å². The maximum absolute atomic E-state index is 11.3. The molecular formula is C20H23NO2S2. The first-order valence-electron chi connectivity index (χ1n) is 8.36. The molecular weight excluding hydrogens is 350 g/mol. The Hall–Kier alpha value is -1.50. The SMILES string of the molecule is CC(NCCC(O)(c1ccsc1)c1cccs1)C(O)c1ccccc1. The highest BCUT2D eigenvalue weighted by atomic mass is 32.1. The number of benzene rings is 1. The minimum Gasteiger partial charge on any atom is -0.387 e. The van der Waals surface area contributed by atoms with E-state index >= 15 is 0 Å². The van der Waals surface area contributed by atoms with Crippen LogP contribution < -0.4 is 5.32 Å². The smallest absolute Gasteiger partial charge is 0.126 e. The monoisotopic (exact) mass is 373 g/mol. The minimum atomic E-state index is -0.988. The average molecular weight is 374 g/mol. The van der Waals surface area contributed by atoms with Crippen molar-refractivity contribution in [3.05, 3.63) is 80.7 Å². The first-order chi connectivity index (χ1) is 12.1. The number of hydrogen-bond acceptors (Lipinski definition) is 5. The molecule has 2 heterocycles. The van der Waals surface area contributed by atoms with E-state index in [0.29, 0.717) is 13.0 Å². The van der Waals surface area contributed by atoms with Crippen LogP contribution in [-0.4, -0.2) is 22.8 Å². The van der Waals surface area contributed by atoms with E-state index in [-0.39, 0.29) is 6.04 Å². The molecule has 0 fully saturated rings. The highest BCUT2D eigenvalue weighted by Gasteiger charge is 2.32. The third kappa shape index (κ3) is 4.19. The molecule has 0 aliphatic carbocycles. The van der Waals surface area contributed by atoms with Gasteiger partial charge in [-0.15, -0.1) is 11.3 Å². The Balaban J connectivity index is 1.64. The molecule has 2 aromatic heterocycles. The summed E-state index contributed by atoms with van der Waals surface area (Å²) in [5.74, 6) is 0. The largest absolute Gasteiger partial charge is 0.387 e. The molecule has 0 radical (unpaired) electrons. The molecule has 3 aromatic rings. The summed E-state index contributed by atoms with van der Waals surface area (Å²) < 4.78 is 0. The fourth-order valence-electron chi connectivity index (χ4n) is 2.95. The summed E-state index contributed by atoms with van der Waals surface area (Å²) in [6.07, 6.45) is -0.0204. The molecule has 132 valence electrons. The number of aliphatic hydroxyl groups is 2. The maximum atomic E-state index is 11.3. The van der Waals surface area contributed by atoms with Crippen molar-refractivity contribution >= 4 is 22.7 Å². The van der Waals surface area contributed by atoms with Crippen molar-refractivity contribution in [1.29, 1.82) is 0 Å². The predicted octanol–water partition coefficient (Wildman–Crippen LogP) is 4.15. The van der Waals surface area contributed by atoms with E-state index in [1.807, 2.05) is 71.6 Å². The predicted molar refractivity (Wildman–Crippen MR) is 105 cm³/mol. The van der Waals surface area contributed by atoms with Crippen molar-refractivity contribution in [2.45, 2.75) is 31.1 Å². The molecule has 1 aromatic carbocycles. The molecule has 3 N–H and O–H groups in total. The summed E-state index contributed by atoms with van der Waals surface area (Å²) in [5, 5.41) is 31.1. The number of aliphatic hydroxyl groups excluding tert-OH is 1. The van der Waals surface area contributed by atoms with Crippen LogP contribution in [0, 0.1) is 0 Å². The van der Waals surface area contributed by atoms with E-state index < -0.39 is 11.7 Å². The fourth-order valence-corrected chi connectivity index (χ4v) is 4.55. The van der Waals surface area contributed by atoms with Gasteiger partial charge in [-0.05, 0) is 59.3 Å². The summed E-state index contributed by atoms with van der Waals surface area (Å²) in [6, 6.07) is 15.5. The molecule has 25 heavy (non-hydrogen) atoms. The summed E-state index contributed by atoms with van der Waals surface area (Å²) >= 11 is 3.16. The molecule has 0 amide bonds. The summed E-state index contributed by atoms with van der Waals surface area (Å²) in [5.41, 5.74) is 0.838. The van der Waals surface area contributed by atoms with Gasteiger partial charge in [0.1, 0.15) is 5.60 Å². The normalized spacial score (nSPS) is 16.3. The standard InChI is InChI=1S/C20H23NO2S2/c1-15(19(22)16-6-3-2-4-7-16)21-11-10-20(23,17-9-13-24-14-17)18-8-5-12-25-18/h2-9,12-15,19,21-23H,10-11H2,1H3. The Morgan fingerprint density at radius 3 is 2.52 bits per heavy atom. The van der Waals surface area contributed by atoms with Crippen LogP contribution in [-0.2, 0) is 5.60 Å². The number of rotatable bonds is 8. The molecule has 3 unspecified atom stereocenters. The summed E-state index contributed by atoms with van der Waals surface area (Å²) in [6.45, 7) is 2.57. The molecule has 0 saturated heterocycles. The number of thiophene rings is 2. The van der Waals surface area contributed by atoms with Gasteiger partial charge in [0.05, 0.1) is 6.10 Å². The van der Waals surface area contributed by atoms with Gasteiger partial charge in [-0.2, -0.15) is 11.3 Å². The van der Waals surface area contributed by atoms with Crippen LogP contribution in [0.25, 0.3) is 0 Å². The van der Waals surface area contributed by atoms with Crippen molar-refractivity contribution in [3.63, 3.8) is 0 Å². The Morgan fingerprint density at radius 1 is 1.08 bits per heavy atom. The topological polar surface area (TPSA) is 52.5 Å². The van der Waals surface area contributed by atoms with Gasteiger partial charge < -0.3 is 15.5 Å². The van der Waals surface area contributed by atoms with Crippen molar-refractivity contribution in [3.8, 4) is 0 Å². The maximum Gasteiger partial charge on any atom is 0.126 e. The molecule has 0 bridgehead atoms. The van der Waals surface area contributed by atoms with Gasteiger partial charge in [0.15, 0.2) is 0 Å². The zero-order valence-corrected chi connectivity index (χ0v) is 15.8. The van der Waals surface area contributed by atoms with E-state index in [9.17, 15) is 10.2 Å². The molecule has 0 spiro atoms. The molecule has 3 rings (SSSR count). The number of nitrogens with one attached hydrogen (secondary N) is 1. The quantitative estimate of drug-likeness (QED) is 0.556. The van der Waals surface area contributed by atoms with Gasteiger partial charge >= 0.3 is 0 Å². The fraction of sp³-hybridized carbons (Fsp3) is 0.300. The van der Waals surface area contributed by atoms with E-state index in [0.717, 1.165) is 16.0 Å². The van der Waals surface area contributed by atoms with Crippen LogP contribution in [0.5, 0.6) is 0 Å². The van der Waals surface area contributed by atoms with Gasteiger partial charge in [-0.3, -0.25) is 0 Å². The van der Waals surface area contributed by atoms with Crippen molar-refractivity contribution in [1.82, 2.24) is 5.32 Å². The third-order valence-electron chi connectivity index (χ3n) is 4.50. The highest BCUT2D eigenvalue weighted by molar-refractivity contribution is 7.10. The van der Waals surface area contributed by atoms with Crippen molar-refractivity contribution in [2.75, 3.05) is 6.54 Å². The van der Waals surface area contributed by atoms with Gasteiger partial charge in [0, 0.05) is 10.9 Å². The lowest BCUT2D eigenvalue weighted by Gasteiger charge is -2.28. The van der Waals surface area contributed by atoms with Gasteiger partial charge in [-0.1, -0.05) is 36.4 Å². The zero-order valence-electron chi connectivity index (χ0n) is 14.1. The Kier molecular flexibility index (Phi) is 6.04. The molecule has 0 aliphatic rings. The Bertz CT molecular complexity index is 707. The van der Waals surface area contributed by atoms with E-state index in [2.05, 4.69) is 5.32 Å². The van der Waals surface area contributed by atoms with Crippen LogP contribution >= 0.6 is 22.7 Å². The lowest BCUT2D eigenvalue weighted by molar-refractivity contribution is 0.0702. The van der Waals surface area contributed by atoms with Crippen LogP contribution in [0.4, 0.5) is 0 Å². The Morgan fingerprint density at radius 2 is 1.88 bits per heavy atom. The molecule has 3 atom stereocenters. The lowest BCUT2D eigenvalue weighted by atomic mass is 9.90. The number of hydrogen-bond donors (Lipinski definition) is 3. The molecule has 0 saturated carbocycles. The van der Waals surface area contributed by atoms with Gasteiger partial charge in [0.2, 0.25) is 0 Å². The van der Waals surface area contributed by atoms with Gasteiger partial charge in [-0.25, -0.2) is 0 Å². The van der Waals surface area contributed by atoms with Gasteiger partial charge in [0.25, 0.3) is 0 Å². The summed E-state index contributed by atoms with van der Waals surface area (Å²) in [7, 11) is 0. The first-order valence-corrected chi connectivity index (χ1v) is 10.2. The third-order valence-corrected chi connectivity index (χ3v) is 6.20. The molecule has 3 nitrogen and oxygen atoms in total. The molecule has 0 aliphatic heterocycles. The summed E-state index contributed by atoms with van der Waals surface area (Å²) in [4.78, 5) is 0.948. The van der Waals surface area contributed by atoms with Crippen LogP contribution in [0.1, 0.15) is 35.5 Å². The second-order valence-corrected chi connectivity index (χ2v) is 7.93. The van der Waals surface area contributed by atoms with Crippen LogP contribution in [0.2, 0.25) is 0 Å².